The number of carbonyl (C=O) groups is 3. The van der Waals surface area contributed by atoms with Crippen LogP contribution >= 0.6 is 0 Å². The predicted molar refractivity (Wildman–Crippen MR) is 184 cm³/mol. The summed E-state index contributed by atoms with van der Waals surface area (Å²) in [6.45, 7) is 7.26. The number of Topliss-reactive ketones (excluding diaryl/α,β-unsaturated/α-hetero) is 3. The fraction of sp³-hybridized carbons (Fsp3) is 0.548. The maximum Gasteiger partial charge on any atom is 0.224 e. The van der Waals surface area contributed by atoms with Gasteiger partial charge < -0.3 is 28.8 Å². The highest BCUT2D eigenvalue weighted by Crippen LogP contribution is 2.87. The predicted octanol–water partition coefficient (Wildman–Crippen LogP) is 5.44. The standard InChI is InChI=1S/C42H46O9/c1-38(2)34-33(47-4)32(44)31-27(35(45)41(34)18-29(43)36(38)51-41)15-16-39(3)40(28-17-26(28)22-48-20-24-11-7-5-8-12-24)19-30(42(31,39)37(40)46)50-23-49-21-25-13-9-6-10-14-25/h5-14,26,28,30,35-36,45H,15-23H2,1-4H3/t26-,28+,30-,35-,36-,39-,40-,41+,42+/m0/s1. The number of aliphatic hydroxyl groups excluding tert-OH is 1. The first kappa shape index (κ1) is 33.4. The minimum Gasteiger partial charge on any atom is -0.493 e. The lowest BCUT2D eigenvalue weighted by atomic mass is 9.34. The average molecular weight is 695 g/mol. The fourth-order valence-electron chi connectivity index (χ4n) is 12.0. The second kappa shape index (κ2) is 11.3. The molecule has 4 bridgehead atoms. The van der Waals surface area contributed by atoms with Gasteiger partial charge in [0.1, 0.15) is 24.6 Å². The Morgan fingerprint density at radius 1 is 0.922 bits per heavy atom. The van der Waals surface area contributed by atoms with Crippen molar-refractivity contribution in [3.63, 3.8) is 0 Å². The summed E-state index contributed by atoms with van der Waals surface area (Å²) >= 11 is 0. The smallest absolute Gasteiger partial charge is 0.224 e. The lowest BCUT2D eigenvalue weighted by Gasteiger charge is -2.66. The van der Waals surface area contributed by atoms with Crippen molar-refractivity contribution in [2.45, 2.75) is 90.0 Å². The third kappa shape index (κ3) is 4.07. The molecular formula is C42H46O9. The number of aliphatic hydroxyl groups is 1. The van der Waals surface area contributed by atoms with E-state index in [0.29, 0.717) is 50.2 Å². The second-order valence-electron chi connectivity index (χ2n) is 16.6. The molecule has 0 radical (unpaired) electrons. The van der Waals surface area contributed by atoms with Crippen molar-refractivity contribution in [1.82, 2.24) is 0 Å². The number of methoxy groups -OCH3 is 1. The van der Waals surface area contributed by atoms with E-state index in [1.165, 1.54) is 7.11 Å². The summed E-state index contributed by atoms with van der Waals surface area (Å²) in [4.78, 5) is 43.7. The summed E-state index contributed by atoms with van der Waals surface area (Å²) in [7, 11) is 1.45. The average Bonchev–Trinajstić information content (AvgIpc) is 3.56. The number of rotatable bonds is 11. The Morgan fingerprint density at radius 2 is 1.59 bits per heavy atom. The SMILES string of the molecule is COC1=C2C(C)(C)[C@H]3O[C@@]2(CC3=O)[C@@H](O)C2=C(C1=O)[C@@]13C(=O)[C@@]([C@@H]4C[C@H]4COCc4ccccc4)(C[C@@H]1OCOCc1ccccc1)[C@]3(C)CC2. The molecule has 9 atom stereocenters. The van der Waals surface area contributed by atoms with Gasteiger partial charge in [-0.2, -0.15) is 0 Å². The highest BCUT2D eigenvalue weighted by molar-refractivity contribution is 6.19. The van der Waals surface area contributed by atoms with Gasteiger partial charge in [0.25, 0.3) is 0 Å². The molecule has 9 nitrogen and oxygen atoms in total. The van der Waals surface area contributed by atoms with Crippen molar-refractivity contribution >= 4 is 17.3 Å². The van der Waals surface area contributed by atoms with Gasteiger partial charge in [0.05, 0.1) is 38.4 Å². The van der Waals surface area contributed by atoms with Crippen LogP contribution in [0.5, 0.6) is 0 Å². The number of ketones is 3. The van der Waals surface area contributed by atoms with Crippen LogP contribution in [-0.4, -0.2) is 66.9 Å². The summed E-state index contributed by atoms with van der Waals surface area (Å²) in [5, 5.41) is 12.4. The topological polar surface area (TPSA) is 118 Å². The van der Waals surface area contributed by atoms with Crippen LogP contribution in [0.25, 0.3) is 0 Å². The Balaban J connectivity index is 1.09. The Bertz CT molecular complexity index is 1880. The molecule has 2 aromatic carbocycles. The molecule has 10 rings (SSSR count). The molecule has 0 unspecified atom stereocenters. The third-order valence-electron chi connectivity index (χ3n) is 14.1. The van der Waals surface area contributed by atoms with E-state index in [0.717, 1.165) is 17.5 Å². The number of carbonyl (C=O) groups excluding carboxylic acids is 3. The Kier molecular flexibility index (Phi) is 7.37. The van der Waals surface area contributed by atoms with E-state index in [1.54, 1.807) is 0 Å². The minimum atomic E-state index is -1.41. The Labute approximate surface area is 298 Å². The first-order valence-corrected chi connectivity index (χ1v) is 18.3. The molecule has 0 amide bonds. The first-order valence-electron chi connectivity index (χ1n) is 18.3. The van der Waals surface area contributed by atoms with Crippen LogP contribution in [0.3, 0.4) is 0 Å². The van der Waals surface area contributed by atoms with E-state index in [1.807, 2.05) is 74.5 Å². The van der Waals surface area contributed by atoms with Crippen molar-refractivity contribution in [3.8, 4) is 0 Å². The van der Waals surface area contributed by atoms with Crippen molar-refractivity contribution in [1.29, 1.82) is 0 Å². The number of fused-ring (bicyclic) bond motifs is 2. The van der Waals surface area contributed by atoms with Gasteiger partial charge in [-0.1, -0.05) is 81.4 Å². The van der Waals surface area contributed by atoms with Gasteiger partial charge in [-0.05, 0) is 54.2 Å². The summed E-state index contributed by atoms with van der Waals surface area (Å²) in [6.07, 6.45) is -0.434. The maximum absolute atomic E-state index is 15.3. The van der Waals surface area contributed by atoms with Crippen LogP contribution in [0.15, 0.2) is 83.1 Å². The van der Waals surface area contributed by atoms with Crippen LogP contribution in [0.2, 0.25) is 0 Å². The molecule has 9 heteroatoms. The first-order chi connectivity index (χ1) is 24.5. The minimum absolute atomic E-state index is 0.0134. The van der Waals surface area contributed by atoms with Crippen LogP contribution in [0, 0.1) is 33.5 Å². The maximum atomic E-state index is 15.3. The van der Waals surface area contributed by atoms with Gasteiger partial charge in [-0.25, -0.2) is 0 Å². The Hall–Kier alpha value is -3.47. The zero-order chi connectivity index (χ0) is 35.6. The normalized spacial score (nSPS) is 39.8. The molecule has 51 heavy (non-hydrogen) atoms. The van der Waals surface area contributed by atoms with Crippen molar-refractivity contribution in [3.05, 3.63) is 94.3 Å². The van der Waals surface area contributed by atoms with Crippen molar-refractivity contribution in [2.24, 2.45) is 33.5 Å². The van der Waals surface area contributed by atoms with Gasteiger partial charge >= 0.3 is 0 Å². The molecule has 6 fully saturated rings. The van der Waals surface area contributed by atoms with Crippen LogP contribution in [-0.2, 0) is 51.3 Å². The molecule has 2 saturated heterocycles. The molecule has 2 heterocycles. The largest absolute Gasteiger partial charge is 0.493 e. The lowest BCUT2D eigenvalue weighted by molar-refractivity contribution is -0.197. The monoisotopic (exact) mass is 694 g/mol. The zero-order valence-electron chi connectivity index (χ0n) is 29.7. The van der Waals surface area contributed by atoms with E-state index < -0.39 is 51.4 Å². The Morgan fingerprint density at radius 3 is 2.25 bits per heavy atom. The van der Waals surface area contributed by atoms with E-state index in [9.17, 15) is 9.90 Å². The fourth-order valence-corrected chi connectivity index (χ4v) is 12.0. The van der Waals surface area contributed by atoms with E-state index in [-0.39, 0.29) is 47.9 Å². The summed E-state index contributed by atoms with van der Waals surface area (Å²) in [5.74, 6) is -0.0929. The lowest BCUT2D eigenvalue weighted by Crippen LogP contribution is -2.72. The molecule has 268 valence electrons. The molecule has 6 aliphatic carbocycles. The molecule has 2 spiro atoms. The quantitative estimate of drug-likeness (QED) is 0.243. The number of allylic oxidation sites excluding steroid dienone is 1. The van der Waals surface area contributed by atoms with Gasteiger partial charge in [-0.3, -0.25) is 14.4 Å². The van der Waals surface area contributed by atoms with Gasteiger partial charge in [0.2, 0.25) is 5.78 Å². The molecule has 8 aliphatic rings. The van der Waals surface area contributed by atoms with Crippen molar-refractivity contribution in [2.75, 3.05) is 20.5 Å². The summed E-state index contributed by atoms with van der Waals surface area (Å²) < 4.78 is 31.2. The van der Waals surface area contributed by atoms with E-state index in [4.69, 9.17) is 23.7 Å². The molecule has 0 aromatic heterocycles. The number of benzene rings is 2. The highest BCUT2D eigenvalue weighted by Gasteiger charge is 2.92. The van der Waals surface area contributed by atoms with Gasteiger partial charge in [-0.15, -0.1) is 0 Å². The number of ether oxygens (including phenoxy) is 5. The third-order valence-corrected chi connectivity index (χ3v) is 14.1. The van der Waals surface area contributed by atoms with E-state index >= 15 is 9.59 Å². The second-order valence-corrected chi connectivity index (χ2v) is 16.6. The number of hydrogen-bond acceptors (Lipinski definition) is 9. The molecule has 1 N–H and O–H groups in total. The van der Waals surface area contributed by atoms with Crippen LogP contribution in [0.4, 0.5) is 0 Å². The van der Waals surface area contributed by atoms with E-state index in [2.05, 4.69) is 6.92 Å². The summed E-state index contributed by atoms with van der Waals surface area (Å²) in [5.41, 5.74) is -1.51. The van der Waals surface area contributed by atoms with Crippen LogP contribution in [0.1, 0.15) is 64.0 Å². The summed E-state index contributed by atoms with van der Waals surface area (Å²) in [6, 6.07) is 19.9. The highest BCUT2D eigenvalue weighted by atomic mass is 16.7. The molecular weight excluding hydrogens is 648 g/mol. The number of hydrogen-bond donors (Lipinski definition) is 1. The molecule has 4 saturated carbocycles. The van der Waals surface area contributed by atoms with Crippen molar-refractivity contribution < 1.29 is 43.2 Å². The molecule has 2 aliphatic heterocycles. The molecule has 2 aromatic rings. The van der Waals surface area contributed by atoms with Gasteiger partial charge in [0, 0.05) is 33.8 Å². The van der Waals surface area contributed by atoms with Gasteiger partial charge in [0.15, 0.2) is 17.3 Å². The zero-order valence-corrected chi connectivity index (χ0v) is 29.7. The van der Waals surface area contributed by atoms with Crippen LogP contribution < -0.4 is 0 Å².